The minimum absolute atomic E-state index is 0.156. The number of carbonyl (C=O) groups excluding carboxylic acids is 1. The van der Waals surface area contributed by atoms with Gasteiger partial charge in [0.05, 0.1) is 12.2 Å². The van der Waals surface area contributed by atoms with Crippen LogP contribution in [0.25, 0.3) is 0 Å². The largest absolute Gasteiger partial charge is 0.494 e. The molecule has 0 saturated carbocycles. The SMILES string of the molecule is CCOc1ccc(Br)cc1C1C(C(=O)OCc2ccccc2)=C(C)Nc2nc(SCc3ccccc3Cl)nn21. The number of nitrogens with one attached hydrogen (secondary N) is 1. The van der Waals surface area contributed by atoms with Crippen LogP contribution in [0.15, 0.2) is 93.7 Å². The molecule has 1 aliphatic heterocycles. The first-order chi connectivity index (χ1) is 18.9. The molecule has 10 heteroatoms. The summed E-state index contributed by atoms with van der Waals surface area (Å²) < 4.78 is 14.3. The fourth-order valence-electron chi connectivity index (χ4n) is 4.32. The number of halogens is 2. The van der Waals surface area contributed by atoms with E-state index in [1.807, 2.05) is 86.6 Å². The fraction of sp³-hybridized carbons (Fsp3) is 0.207. The Hall–Kier alpha value is -3.27. The number of benzene rings is 3. The zero-order valence-corrected chi connectivity index (χ0v) is 24.5. The number of nitrogens with zero attached hydrogens (tertiary/aromatic N) is 3. The molecule has 1 N–H and O–H groups in total. The van der Waals surface area contributed by atoms with Crippen molar-refractivity contribution >= 4 is 51.2 Å². The van der Waals surface area contributed by atoms with E-state index in [1.54, 1.807) is 4.68 Å². The quantitative estimate of drug-likeness (QED) is 0.153. The van der Waals surface area contributed by atoms with Gasteiger partial charge in [0.15, 0.2) is 0 Å². The van der Waals surface area contributed by atoms with Crippen LogP contribution in [0, 0.1) is 0 Å². The van der Waals surface area contributed by atoms with Crippen molar-refractivity contribution in [2.24, 2.45) is 0 Å². The Morgan fingerprint density at radius 1 is 1.13 bits per heavy atom. The van der Waals surface area contributed by atoms with Crippen molar-refractivity contribution in [3.05, 3.63) is 110 Å². The zero-order valence-electron chi connectivity index (χ0n) is 21.4. The van der Waals surface area contributed by atoms with Gasteiger partial charge in [-0.1, -0.05) is 87.8 Å². The summed E-state index contributed by atoms with van der Waals surface area (Å²) in [6, 6.07) is 22.4. The first kappa shape index (κ1) is 27.3. The van der Waals surface area contributed by atoms with Crippen molar-refractivity contribution in [1.82, 2.24) is 14.8 Å². The molecule has 1 aliphatic rings. The topological polar surface area (TPSA) is 78.3 Å². The molecule has 0 bridgehead atoms. The van der Waals surface area contributed by atoms with Gasteiger partial charge in [0.1, 0.15) is 18.4 Å². The highest BCUT2D eigenvalue weighted by Gasteiger charge is 2.37. The Labute approximate surface area is 244 Å². The van der Waals surface area contributed by atoms with Crippen LogP contribution in [0.1, 0.15) is 36.6 Å². The second-order valence-corrected chi connectivity index (χ2v) is 11.1. The predicted octanol–water partition coefficient (Wildman–Crippen LogP) is 7.42. The number of anilines is 1. The van der Waals surface area contributed by atoms with E-state index < -0.39 is 12.0 Å². The molecule has 0 aliphatic carbocycles. The van der Waals surface area contributed by atoms with Crippen molar-refractivity contribution in [2.45, 2.75) is 37.4 Å². The van der Waals surface area contributed by atoms with Gasteiger partial charge in [-0.2, -0.15) is 4.98 Å². The number of rotatable bonds is 9. The number of fused-ring (bicyclic) bond motifs is 1. The van der Waals surface area contributed by atoms with E-state index in [9.17, 15) is 4.79 Å². The minimum Gasteiger partial charge on any atom is -0.494 e. The highest BCUT2D eigenvalue weighted by molar-refractivity contribution is 9.10. The Bertz CT molecular complexity index is 1530. The molecule has 1 aromatic heterocycles. The molecule has 0 radical (unpaired) electrons. The molecule has 5 rings (SSSR count). The molecular weight excluding hydrogens is 600 g/mol. The van der Waals surface area contributed by atoms with E-state index in [0.29, 0.717) is 45.5 Å². The first-order valence-corrected chi connectivity index (χ1v) is 14.5. The van der Waals surface area contributed by atoms with Gasteiger partial charge in [0.2, 0.25) is 11.1 Å². The van der Waals surface area contributed by atoms with Gasteiger partial charge in [0, 0.05) is 26.5 Å². The molecule has 0 saturated heterocycles. The van der Waals surface area contributed by atoms with Crippen molar-refractivity contribution < 1.29 is 14.3 Å². The summed E-state index contributed by atoms with van der Waals surface area (Å²) in [7, 11) is 0. The number of allylic oxidation sites excluding steroid dienone is 1. The van der Waals surface area contributed by atoms with Crippen LogP contribution in [0.4, 0.5) is 5.95 Å². The molecule has 0 amide bonds. The first-order valence-electron chi connectivity index (χ1n) is 12.4. The van der Waals surface area contributed by atoms with E-state index >= 15 is 0 Å². The molecule has 7 nitrogen and oxygen atoms in total. The van der Waals surface area contributed by atoms with Crippen LogP contribution in [0.5, 0.6) is 5.75 Å². The zero-order chi connectivity index (χ0) is 27.4. The summed E-state index contributed by atoms with van der Waals surface area (Å²) in [5.74, 6) is 1.34. The van der Waals surface area contributed by atoms with Gasteiger partial charge >= 0.3 is 5.97 Å². The van der Waals surface area contributed by atoms with Gasteiger partial charge in [-0.15, -0.1) is 5.10 Å². The van der Waals surface area contributed by atoms with Crippen LogP contribution >= 0.6 is 39.3 Å². The predicted molar refractivity (Wildman–Crippen MR) is 157 cm³/mol. The maximum atomic E-state index is 13.6. The summed E-state index contributed by atoms with van der Waals surface area (Å²) >= 11 is 11.4. The van der Waals surface area contributed by atoms with Crippen molar-refractivity contribution in [3.63, 3.8) is 0 Å². The average Bonchev–Trinajstić information content (AvgIpc) is 3.34. The highest BCUT2D eigenvalue weighted by Crippen LogP contribution is 2.41. The molecule has 2 heterocycles. The van der Waals surface area contributed by atoms with Crippen LogP contribution < -0.4 is 10.1 Å². The highest BCUT2D eigenvalue weighted by atomic mass is 79.9. The maximum absolute atomic E-state index is 13.6. The van der Waals surface area contributed by atoms with Crippen LogP contribution in [-0.4, -0.2) is 27.3 Å². The Morgan fingerprint density at radius 2 is 1.90 bits per heavy atom. The smallest absolute Gasteiger partial charge is 0.338 e. The van der Waals surface area contributed by atoms with Crippen molar-refractivity contribution in [1.29, 1.82) is 0 Å². The van der Waals surface area contributed by atoms with Crippen LogP contribution in [0.2, 0.25) is 5.02 Å². The average molecular weight is 626 g/mol. The normalized spacial score (nSPS) is 14.5. The van der Waals surface area contributed by atoms with E-state index in [2.05, 4.69) is 21.2 Å². The number of ether oxygens (including phenoxy) is 2. The lowest BCUT2D eigenvalue weighted by molar-refractivity contribution is -0.140. The summed E-state index contributed by atoms with van der Waals surface area (Å²) in [5, 5.41) is 9.33. The van der Waals surface area contributed by atoms with Crippen molar-refractivity contribution in [3.8, 4) is 5.75 Å². The van der Waals surface area contributed by atoms with E-state index in [-0.39, 0.29) is 6.61 Å². The lowest BCUT2D eigenvalue weighted by Gasteiger charge is -2.29. The van der Waals surface area contributed by atoms with Crippen molar-refractivity contribution in [2.75, 3.05) is 11.9 Å². The second-order valence-electron chi connectivity index (χ2n) is 8.79. The number of hydrogen-bond donors (Lipinski definition) is 1. The maximum Gasteiger partial charge on any atom is 0.338 e. The Kier molecular flexibility index (Phi) is 8.60. The van der Waals surface area contributed by atoms with E-state index in [4.69, 9.17) is 31.2 Å². The summed E-state index contributed by atoms with van der Waals surface area (Å²) in [6.45, 7) is 4.40. The fourth-order valence-corrected chi connectivity index (χ4v) is 5.82. The monoisotopic (exact) mass is 624 g/mol. The number of hydrogen-bond acceptors (Lipinski definition) is 7. The number of carbonyl (C=O) groups is 1. The number of thioether (sulfide) groups is 1. The molecule has 200 valence electrons. The summed E-state index contributed by atoms with van der Waals surface area (Å²) in [6.07, 6.45) is 0. The number of esters is 1. The lowest BCUT2D eigenvalue weighted by atomic mass is 9.95. The molecule has 3 aromatic carbocycles. The Balaban J connectivity index is 1.52. The van der Waals surface area contributed by atoms with Gasteiger partial charge < -0.3 is 14.8 Å². The van der Waals surface area contributed by atoms with Gasteiger partial charge in [-0.25, -0.2) is 9.48 Å². The standard InChI is InChI=1S/C29H26BrClN4O3S/c1-3-37-24-14-13-21(30)15-22(24)26-25(27(36)38-16-19-9-5-4-6-10-19)18(2)32-28-33-29(34-35(26)28)39-17-20-11-7-8-12-23(20)31/h4-15,26H,3,16-17H2,1-2H3,(H,32,33,34). The molecule has 0 fully saturated rings. The van der Waals surface area contributed by atoms with E-state index in [1.165, 1.54) is 11.8 Å². The minimum atomic E-state index is -0.620. The van der Waals surface area contributed by atoms with Crippen LogP contribution in [0.3, 0.4) is 0 Å². The van der Waals surface area contributed by atoms with Crippen LogP contribution in [-0.2, 0) is 21.9 Å². The van der Waals surface area contributed by atoms with E-state index in [0.717, 1.165) is 21.2 Å². The van der Waals surface area contributed by atoms with Gasteiger partial charge in [-0.05, 0) is 49.2 Å². The molecule has 39 heavy (non-hydrogen) atoms. The second kappa shape index (κ2) is 12.3. The third kappa shape index (κ3) is 6.16. The third-order valence-corrected chi connectivity index (χ3v) is 7.90. The molecule has 1 unspecified atom stereocenters. The third-order valence-electron chi connectivity index (χ3n) is 6.15. The Morgan fingerprint density at radius 3 is 2.67 bits per heavy atom. The lowest BCUT2D eigenvalue weighted by Crippen LogP contribution is -2.30. The van der Waals surface area contributed by atoms with Gasteiger partial charge in [-0.3, -0.25) is 0 Å². The molecule has 4 aromatic rings. The molecule has 1 atom stereocenters. The molecular formula is C29H26BrClN4O3S. The van der Waals surface area contributed by atoms with Gasteiger partial charge in [0.25, 0.3) is 0 Å². The molecule has 0 spiro atoms. The summed E-state index contributed by atoms with van der Waals surface area (Å²) in [4.78, 5) is 18.4. The number of aromatic nitrogens is 3. The summed E-state index contributed by atoms with van der Waals surface area (Å²) in [5.41, 5.74) is 3.74.